The predicted octanol–water partition coefficient (Wildman–Crippen LogP) is 7.01. The fraction of sp³-hybridized carbons (Fsp3) is 0.594. The molecule has 0 heterocycles. The van der Waals surface area contributed by atoms with Crippen molar-refractivity contribution in [2.45, 2.75) is 79.1 Å². The molecule has 2 unspecified atom stereocenters. The van der Waals surface area contributed by atoms with Crippen LogP contribution in [0.3, 0.4) is 0 Å². The van der Waals surface area contributed by atoms with Gasteiger partial charge in [-0.2, -0.15) is 0 Å². The number of rotatable bonds is 19. The van der Waals surface area contributed by atoms with Crippen LogP contribution in [0.4, 0.5) is 0 Å². The molecular weight excluding hydrogens is 511 g/mol. The number of hydrogen-bond donors (Lipinski definition) is 0. The van der Waals surface area contributed by atoms with E-state index in [4.69, 9.17) is 23.7 Å². The summed E-state index contributed by atoms with van der Waals surface area (Å²) in [6.45, 7) is 10.1. The lowest BCUT2D eigenvalue weighted by molar-refractivity contribution is -0.207. The van der Waals surface area contributed by atoms with Gasteiger partial charge >= 0.3 is 0 Å². The fourth-order valence-electron chi connectivity index (χ4n) is 4.39. The second kappa shape index (κ2) is 18.0. The molecule has 0 saturated carbocycles. The average molecular weight is 560 g/mol. The van der Waals surface area contributed by atoms with E-state index in [1.54, 1.807) is 19.2 Å². The van der Waals surface area contributed by atoms with Gasteiger partial charge in [-0.25, -0.2) is 0 Å². The summed E-state index contributed by atoms with van der Waals surface area (Å²) < 4.78 is 29.0. The Balaban J connectivity index is 2.42. The van der Waals surface area contributed by atoms with Crippen LogP contribution in [0.1, 0.15) is 84.6 Å². The van der Waals surface area contributed by atoms with Gasteiger partial charge in [-0.3, -0.25) is 0 Å². The van der Waals surface area contributed by atoms with Gasteiger partial charge in [0, 0.05) is 23.5 Å². The van der Waals surface area contributed by atoms with Crippen LogP contribution < -0.4 is 34.1 Å². The van der Waals surface area contributed by atoms with Crippen molar-refractivity contribution in [2.75, 3.05) is 34.5 Å². The molecule has 2 aromatic carbocycles. The van der Waals surface area contributed by atoms with Crippen LogP contribution in [0.15, 0.2) is 30.3 Å². The first-order chi connectivity index (χ1) is 18.9. The summed E-state index contributed by atoms with van der Waals surface area (Å²) in [5.41, 5.74) is 0.235. The van der Waals surface area contributed by atoms with Gasteiger partial charge in [0.15, 0.2) is 0 Å². The summed E-state index contributed by atoms with van der Waals surface area (Å²) in [5.74, 6) is 3.84. The first kappa shape index (κ1) is 32.8. The van der Waals surface area contributed by atoms with Crippen molar-refractivity contribution in [3.05, 3.63) is 35.9 Å². The van der Waals surface area contributed by atoms with E-state index in [2.05, 4.69) is 27.7 Å². The van der Waals surface area contributed by atoms with Gasteiger partial charge in [0.1, 0.15) is 28.7 Å². The second-order valence-corrected chi connectivity index (χ2v) is 11.0. The molecule has 0 amide bonds. The molecule has 0 spiro atoms. The standard InChI is InChI=1S/C32H49O6P/c1-8-12-14-23(10-3)21-37-25-16-17-30(27(18-25)38-22-24(11-4)15-13-9-2)39-32(33)31-28(35-6)19-26(34-5)20-29(31)36-7/h16-20,23-24,33H,8-15,21-22H2,1-7H3/p-1. The van der Waals surface area contributed by atoms with E-state index < -0.39 is 0 Å². The third-order valence-corrected chi connectivity index (χ3v) is 8.17. The lowest BCUT2D eigenvalue weighted by atomic mass is 10.0. The minimum Gasteiger partial charge on any atom is -0.823 e. The quantitative estimate of drug-likeness (QED) is 0.172. The second-order valence-electron chi connectivity index (χ2n) is 9.91. The van der Waals surface area contributed by atoms with E-state index in [0.717, 1.165) is 30.3 Å². The molecule has 39 heavy (non-hydrogen) atoms. The molecule has 0 bridgehead atoms. The molecule has 6 nitrogen and oxygen atoms in total. The number of ether oxygens (including phenoxy) is 5. The largest absolute Gasteiger partial charge is 0.823 e. The Morgan fingerprint density at radius 3 is 1.74 bits per heavy atom. The molecule has 0 aromatic heterocycles. The van der Waals surface area contributed by atoms with Crippen molar-refractivity contribution in [1.82, 2.24) is 0 Å². The minimum absolute atomic E-state index is 0.145. The van der Waals surface area contributed by atoms with Crippen LogP contribution in [-0.2, 0) is 0 Å². The SMILES string of the molecule is CCCCC(CC)COc1ccc(P=C([O-])c2c(OC)cc(OC)cc2OC)c(OCC(CC)CCCC)c1. The van der Waals surface area contributed by atoms with Crippen molar-refractivity contribution >= 4 is 19.0 Å². The summed E-state index contributed by atoms with van der Waals surface area (Å²) in [4.78, 5) is 0. The van der Waals surface area contributed by atoms with E-state index in [-0.39, 0.29) is 5.48 Å². The molecule has 7 heteroatoms. The van der Waals surface area contributed by atoms with E-state index in [1.807, 2.05) is 18.2 Å². The highest BCUT2D eigenvalue weighted by Crippen LogP contribution is 2.35. The average Bonchev–Trinajstić information content (AvgIpc) is 2.97. The van der Waals surface area contributed by atoms with E-state index in [0.29, 0.717) is 61.8 Å². The maximum absolute atomic E-state index is 13.6. The molecule has 2 atom stereocenters. The molecule has 0 saturated heterocycles. The molecule has 0 N–H and O–H groups in total. The highest BCUT2D eigenvalue weighted by Gasteiger charge is 2.15. The monoisotopic (exact) mass is 559 g/mol. The maximum atomic E-state index is 13.6. The first-order valence-corrected chi connectivity index (χ1v) is 15.3. The molecule has 0 radical (unpaired) electrons. The van der Waals surface area contributed by atoms with Crippen molar-refractivity contribution < 1.29 is 28.8 Å². The number of hydrogen-bond acceptors (Lipinski definition) is 6. The lowest BCUT2D eigenvalue weighted by Crippen LogP contribution is -2.21. The lowest BCUT2D eigenvalue weighted by Gasteiger charge is -2.22. The van der Waals surface area contributed by atoms with Crippen LogP contribution in [0.2, 0.25) is 0 Å². The Kier molecular flexibility index (Phi) is 15.1. The molecule has 2 rings (SSSR count). The summed E-state index contributed by atoms with van der Waals surface area (Å²) in [5, 5.41) is 14.4. The van der Waals surface area contributed by atoms with Crippen LogP contribution in [-0.4, -0.2) is 40.0 Å². The van der Waals surface area contributed by atoms with Crippen LogP contribution in [0.25, 0.3) is 0 Å². The van der Waals surface area contributed by atoms with Gasteiger partial charge < -0.3 is 28.8 Å². The van der Waals surface area contributed by atoms with Crippen LogP contribution in [0.5, 0.6) is 28.7 Å². The minimum atomic E-state index is -0.145. The summed E-state index contributed by atoms with van der Waals surface area (Å²) in [6.07, 6.45) is 9.20. The zero-order chi connectivity index (χ0) is 28.6. The molecule has 218 valence electrons. The Morgan fingerprint density at radius 1 is 0.718 bits per heavy atom. The van der Waals surface area contributed by atoms with Crippen molar-refractivity contribution in [3.63, 3.8) is 0 Å². The molecule has 0 aliphatic heterocycles. The summed E-state index contributed by atoms with van der Waals surface area (Å²) in [6, 6.07) is 9.21. The third kappa shape index (κ3) is 10.2. The van der Waals surface area contributed by atoms with Gasteiger partial charge in [-0.15, -0.1) is 0 Å². The van der Waals surface area contributed by atoms with Crippen LogP contribution in [0, 0.1) is 11.8 Å². The normalized spacial score (nSPS) is 13.1. The van der Waals surface area contributed by atoms with E-state index in [9.17, 15) is 5.11 Å². The van der Waals surface area contributed by atoms with E-state index in [1.165, 1.54) is 46.3 Å². The number of methoxy groups -OCH3 is 3. The van der Waals surface area contributed by atoms with E-state index >= 15 is 0 Å². The Morgan fingerprint density at radius 2 is 1.26 bits per heavy atom. The fourth-order valence-corrected chi connectivity index (χ4v) is 5.33. The Labute approximate surface area is 237 Å². The van der Waals surface area contributed by atoms with Crippen molar-refractivity contribution in [3.8, 4) is 28.7 Å². The topological polar surface area (TPSA) is 69.2 Å². The molecule has 0 fully saturated rings. The highest BCUT2D eigenvalue weighted by molar-refractivity contribution is 7.49. The van der Waals surface area contributed by atoms with Crippen molar-refractivity contribution in [1.29, 1.82) is 0 Å². The summed E-state index contributed by atoms with van der Waals surface area (Å²) >= 11 is 0. The molecule has 0 aliphatic carbocycles. The Hall–Kier alpha value is -2.43. The van der Waals surface area contributed by atoms with Gasteiger partial charge in [0.05, 0.1) is 40.1 Å². The van der Waals surface area contributed by atoms with Crippen LogP contribution >= 0.6 is 8.20 Å². The van der Waals surface area contributed by atoms with Gasteiger partial charge in [0.25, 0.3) is 0 Å². The van der Waals surface area contributed by atoms with Gasteiger partial charge in [-0.05, 0) is 36.8 Å². The smallest absolute Gasteiger partial charge is 0.134 e. The predicted molar refractivity (Wildman–Crippen MR) is 161 cm³/mol. The zero-order valence-corrected chi connectivity index (χ0v) is 25.9. The number of unbranched alkanes of at least 4 members (excludes halogenated alkanes) is 2. The molecule has 0 aliphatic rings. The maximum Gasteiger partial charge on any atom is 0.134 e. The third-order valence-electron chi connectivity index (χ3n) is 7.13. The Bertz CT molecular complexity index is 997. The highest BCUT2D eigenvalue weighted by atomic mass is 31.1. The molecule has 2 aromatic rings. The zero-order valence-electron chi connectivity index (χ0n) is 25.0. The van der Waals surface area contributed by atoms with Gasteiger partial charge in [-0.1, -0.05) is 79.9 Å². The molecular formula is C32H48O6P-. The number of benzene rings is 2. The first-order valence-electron chi connectivity index (χ1n) is 14.4. The summed E-state index contributed by atoms with van der Waals surface area (Å²) in [7, 11) is 5.10. The van der Waals surface area contributed by atoms with Crippen molar-refractivity contribution in [2.24, 2.45) is 11.8 Å². The van der Waals surface area contributed by atoms with Gasteiger partial charge in [0.2, 0.25) is 0 Å².